The molecular formula is C22H33N3O2. The molecule has 0 saturated carbocycles. The van der Waals surface area contributed by atoms with Gasteiger partial charge < -0.3 is 0 Å². The van der Waals surface area contributed by atoms with Gasteiger partial charge in [0.15, 0.2) is 5.82 Å². The van der Waals surface area contributed by atoms with E-state index >= 15 is 0 Å². The molecule has 2 aromatic rings. The van der Waals surface area contributed by atoms with Crippen LogP contribution < -0.4 is 4.90 Å². The molecule has 0 aliphatic carbocycles. The number of aromatic nitrogens is 2. The number of hydrogen-bond donors (Lipinski definition) is 0. The molecule has 0 bridgehead atoms. The molecule has 5 nitrogen and oxygen atoms in total. The number of benzene rings is 1. The van der Waals surface area contributed by atoms with Gasteiger partial charge in [0.05, 0.1) is 5.52 Å². The zero-order chi connectivity index (χ0) is 20.0. The number of rotatable bonds is 10. The van der Waals surface area contributed by atoms with Crippen LogP contribution in [-0.2, 0) is 16.6 Å². The van der Waals surface area contributed by atoms with Crippen LogP contribution in [0.25, 0.3) is 10.9 Å². The average molecular weight is 372 g/mol. The molecule has 1 amide bonds. The van der Waals surface area contributed by atoms with E-state index in [4.69, 9.17) is 0 Å². The number of Topliss-reactive ketones (excluding diaryl/α,β-unsaturated/α-hetero) is 1. The Balaban J connectivity index is 2.41. The van der Waals surface area contributed by atoms with E-state index in [0.717, 1.165) is 10.9 Å². The molecule has 1 aromatic carbocycles. The van der Waals surface area contributed by atoms with Gasteiger partial charge in [-0.05, 0) is 43.4 Å². The zero-order valence-corrected chi connectivity index (χ0v) is 17.4. The number of fused-ring (bicyclic) bond motifs is 1. The molecule has 0 radical (unpaired) electrons. The summed E-state index contributed by atoms with van der Waals surface area (Å²) in [6, 6.07) is 6.50. The molecule has 148 valence electrons. The molecule has 0 aliphatic heterocycles. The molecule has 0 N–H and O–H groups in total. The summed E-state index contributed by atoms with van der Waals surface area (Å²) in [6.45, 7) is 7.91. The van der Waals surface area contributed by atoms with Crippen molar-refractivity contribution in [3.05, 3.63) is 23.8 Å². The first-order valence-electron chi connectivity index (χ1n) is 10.1. The fourth-order valence-corrected chi connectivity index (χ4v) is 3.67. The highest BCUT2D eigenvalue weighted by Gasteiger charge is 2.21. The minimum atomic E-state index is -0.0906. The van der Waals surface area contributed by atoms with E-state index < -0.39 is 0 Å². The van der Waals surface area contributed by atoms with Crippen LogP contribution in [0.2, 0.25) is 0 Å². The van der Waals surface area contributed by atoms with E-state index in [1.165, 1.54) is 44.6 Å². The molecule has 0 fully saturated rings. The molecule has 0 aliphatic rings. The van der Waals surface area contributed by atoms with Gasteiger partial charge in [-0.25, -0.2) is 0 Å². The number of aryl methyl sites for hydroxylation is 1. The molecule has 1 atom stereocenters. The van der Waals surface area contributed by atoms with Crippen LogP contribution in [0.1, 0.15) is 77.7 Å². The van der Waals surface area contributed by atoms with Gasteiger partial charge in [0.1, 0.15) is 5.78 Å². The summed E-state index contributed by atoms with van der Waals surface area (Å²) in [5.41, 5.74) is 2.39. The molecule has 1 unspecified atom stereocenters. The Kier molecular flexibility index (Phi) is 7.57. The van der Waals surface area contributed by atoms with Crippen molar-refractivity contribution in [3.8, 4) is 0 Å². The minimum absolute atomic E-state index is 0.0714. The van der Waals surface area contributed by atoms with E-state index in [9.17, 15) is 9.59 Å². The Hall–Kier alpha value is -2.17. The van der Waals surface area contributed by atoms with E-state index in [1.807, 2.05) is 11.7 Å². The molecule has 5 heteroatoms. The van der Waals surface area contributed by atoms with Crippen molar-refractivity contribution in [1.82, 2.24) is 9.78 Å². The maximum absolute atomic E-state index is 12.2. The van der Waals surface area contributed by atoms with Gasteiger partial charge in [0, 0.05) is 32.3 Å². The Labute approximate surface area is 162 Å². The lowest BCUT2D eigenvalue weighted by Crippen LogP contribution is -2.31. The molecular weight excluding hydrogens is 338 g/mol. The highest BCUT2D eigenvalue weighted by molar-refractivity contribution is 6.01. The van der Waals surface area contributed by atoms with Crippen molar-refractivity contribution in [1.29, 1.82) is 0 Å². The monoisotopic (exact) mass is 371 g/mol. The van der Waals surface area contributed by atoms with Crippen molar-refractivity contribution in [2.45, 2.75) is 72.1 Å². The first-order valence-corrected chi connectivity index (χ1v) is 10.1. The summed E-state index contributed by atoms with van der Waals surface area (Å²) in [4.78, 5) is 25.1. The van der Waals surface area contributed by atoms with Crippen LogP contribution >= 0.6 is 0 Å². The standard InChI is InChI=1S/C22H33N3O2/c1-6-8-10-18(9-7-2)19-11-12-20-21(15-19)24(5)23-22(20)25(17(4)27)14-13-16(3)26/h11-12,15,18H,6-10,13-14H2,1-5H3. The summed E-state index contributed by atoms with van der Waals surface area (Å²) in [5, 5.41) is 5.57. The van der Waals surface area contributed by atoms with E-state index in [0.29, 0.717) is 24.7 Å². The quantitative estimate of drug-likeness (QED) is 0.592. The minimum Gasteiger partial charge on any atom is -0.300 e. The molecule has 0 spiro atoms. The van der Waals surface area contributed by atoms with Crippen molar-refractivity contribution in [2.75, 3.05) is 11.4 Å². The number of carbonyl (C=O) groups excluding carboxylic acids is 2. The number of nitrogens with zero attached hydrogens (tertiary/aromatic N) is 3. The predicted molar refractivity (Wildman–Crippen MR) is 111 cm³/mol. The first-order chi connectivity index (χ1) is 12.9. The SMILES string of the molecule is CCCCC(CCC)c1ccc2c(N(CCC(C)=O)C(C)=O)nn(C)c2c1. The Bertz CT molecular complexity index is 794. The highest BCUT2D eigenvalue weighted by Crippen LogP contribution is 2.32. The van der Waals surface area contributed by atoms with E-state index in [-0.39, 0.29) is 11.7 Å². The Morgan fingerprint density at radius 1 is 1.15 bits per heavy atom. The number of unbranched alkanes of at least 4 members (excludes halogenated alkanes) is 1. The van der Waals surface area contributed by atoms with Gasteiger partial charge in [0.25, 0.3) is 0 Å². The van der Waals surface area contributed by atoms with Gasteiger partial charge in [0.2, 0.25) is 5.91 Å². The third-order valence-electron chi connectivity index (χ3n) is 5.19. The van der Waals surface area contributed by atoms with Gasteiger partial charge in [-0.3, -0.25) is 19.2 Å². The predicted octanol–water partition coefficient (Wildman–Crippen LogP) is 4.98. The fourth-order valence-electron chi connectivity index (χ4n) is 3.67. The van der Waals surface area contributed by atoms with E-state index in [1.54, 1.807) is 11.8 Å². The van der Waals surface area contributed by atoms with Crippen molar-refractivity contribution in [2.24, 2.45) is 7.05 Å². The van der Waals surface area contributed by atoms with Crippen LogP contribution in [0.3, 0.4) is 0 Å². The molecule has 1 aromatic heterocycles. The maximum atomic E-state index is 12.2. The van der Waals surface area contributed by atoms with Gasteiger partial charge in [-0.15, -0.1) is 0 Å². The van der Waals surface area contributed by atoms with Crippen LogP contribution in [0, 0.1) is 0 Å². The molecule has 27 heavy (non-hydrogen) atoms. The number of ketones is 1. The summed E-state index contributed by atoms with van der Waals surface area (Å²) in [5.74, 6) is 1.20. The van der Waals surface area contributed by atoms with Crippen molar-refractivity contribution in [3.63, 3.8) is 0 Å². The largest absolute Gasteiger partial charge is 0.300 e. The Morgan fingerprint density at radius 2 is 1.89 bits per heavy atom. The lowest BCUT2D eigenvalue weighted by atomic mass is 9.89. The van der Waals surface area contributed by atoms with Crippen LogP contribution in [-0.4, -0.2) is 28.0 Å². The van der Waals surface area contributed by atoms with Crippen LogP contribution in [0.4, 0.5) is 5.82 Å². The van der Waals surface area contributed by atoms with Gasteiger partial charge in [-0.2, -0.15) is 5.10 Å². The zero-order valence-electron chi connectivity index (χ0n) is 17.4. The lowest BCUT2D eigenvalue weighted by Gasteiger charge is -2.19. The topological polar surface area (TPSA) is 55.2 Å². The highest BCUT2D eigenvalue weighted by atomic mass is 16.2. The number of anilines is 1. The summed E-state index contributed by atoms with van der Waals surface area (Å²) in [6.07, 6.45) is 6.36. The Morgan fingerprint density at radius 3 is 2.48 bits per heavy atom. The van der Waals surface area contributed by atoms with Crippen molar-refractivity contribution < 1.29 is 9.59 Å². The molecule has 2 rings (SSSR count). The van der Waals surface area contributed by atoms with Crippen LogP contribution in [0.15, 0.2) is 18.2 Å². The van der Waals surface area contributed by atoms with Gasteiger partial charge in [-0.1, -0.05) is 39.2 Å². The molecule has 0 saturated heterocycles. The normalized spacial score (nSPS) is 12.3. The fraction of sp³-hybridized carbons (Fsp3) is 0.591. The third-order valence-corrected chi connectivity index (χ3v) is 5.19. The second-order valence-corrected chi connectivity index (χ2v) is 7.47. The summed E-state index contributed by atoms with van der Waals surface area (Å²) >= 11 is 0. The number of hydrogen-bond acceptors (Lipinski definition) is 3. The second-order valence-electron chi connectivity index (χ2n) is 7.47. The second kappa shape index (κ2) is 9.67. The van der Waals surface area contributed by atoms with Crippen LogP contribution in [0.5, 0.6) is 0 Å². The third kappa shape index (κ3) is 5.18. The number of carbonyl (C=O) groups is 2. The smallest absolute Gasteiger partial charge is 0.225 e. The summed E-state index contributed by atoms with van der Waals surface area (Å²) < 4.78 is 1.85. The van der Waals surface area contributed by atoms with Crippen molar-refractivity contribution >= 4 is 28.4 Å². The number of amides is 1. The summed E-state index contributed by atoms with van der Waals surface area (Å²) in [7, 11) is 1.92. The maximum Gasteiger partial charge on any atom is 0.225 e. The average Bonchev–Trinajstić information content (AvgIpc) is 2.94. The van der Waals surface area contributed by atoms with Gasteiger partial charge >= 0.3 is 0 Å². The lowest BCUT2D eigenvalue weighted by molar-refractivity contribution is -0.117. The first kappa shape index (κ1) is 21.1. The van der Waals surface area contributed by atoms with E-state index in [2.05, 4.69) is 37.1 Å². The molecule has 1 heterocycles.